The molecular weight excluding hydrogens is 182 g/mol. The fourth-order valence-corrected chi connectivity index (χ4v) is 1.10. The van der Waals surface area contributed by atoms with Gasteiger partial charge in [-0.25, -0.2) is 0 Å². The van der Waals surface area contributed by atoms with Crippen LogP contribution < -0.4 is 15.2 Å². The molecule has 0 aromatic heterocycles. The van der Waals surface area contributed by atoms with E-state index in [0.717, 1.165) is 0 Å². The third-order valence-electron chi connectivity index (χ3n) is 1.75. The predicted molar refractivity (Wildman–Crippen MR) is 52.7 cm³/mol. The summed E-state index contributed by atoms with van der Waals surface area (Å²) in [4.78, 5) is 10.9. The van der Waals surface area contributed by atoms with Crippen LogP contribution in [0.4, 0.5) is 0 Å². The van der Waals surface area contributed by atoms with Crippen molar-refractivity contribution < 1.29 is 14.3 Å². The normalized spacial score (nSPS) is 9.57. The van der Waals surface area contributed by atoms with Gasteiger partial charge in [-0.3, -0.25) is 4.79 Å². The zero-order chi connectivity index (χ0) is 10.6. The first-order valence-corrected chi connectivity index (χ1v) is 4.29. The second-order valence-electron chi connectivity index (χ2n) is 2.66. The number of ether oxygens (including phenoxy) is 2. The van der Waals surface area contributed by atoms with E-state index in [2.05, 4.69) is 0 Å². The van der Waals surface area contributed by atoms with Crippen LogP contribution in [-0.2, 0) is 0 Å². The Labute approximate surface area is 82.6 Å². The molecule has 1 rings (SSSR count). The Morgan fingerprint density at radius 1 is 1.43 bits per heavy atom. The summed E-state index contributed by atoms with van der Waals surface area (Å²) in [5.41, 5.74) is 5.55. The number of primary amides is 1. The Hall–Kier alpha value is -1.71. The number of amides is 1. The first-order chi connectivity index (χ1) is 6.69. The number of benzene rings is 1. The molecule has 0 bridgehead atoms. The first kappa shape index (κ1) is 10.4. The van der Waals surface area contributed by atoms with Crippen molar-refractivity contribution in [2.45, 2.75) is 6.92 Å². The second kappa shape index (κ2) is 4.50. The fourth-order valence-electron chi connectivity index (χ4n) is 1.10. The summed E-state index contributed by atoms with van der Waals surface area (Å²) in [6.07, 6.45) is 0. The van der Waals surface area contributed by atoms with Crippen LogP contribution in [0.15, 0.2) is 18.2 Å². The Kier molecular flexibility index (Phi) is 3.34. The van der Waals surface area contributed by atoms with E-state index in [1.807, 2.05) is 6.92 Å². The van der Waals surface area contributed by atoms with Gasteiger partial charge in [0, 0.05) is 5.56 Å². The zero-order valence-electron chi connectivity index (χ0n) is 8.24. The van der Waals surface area contributed by atoms with Gasteiger partial charge in [0.1, 0.15) is 0 Å². The maximum Gasteiger partial charge on any atom is 0.248 e. The highest BCUT2D eigenvalue weighted by Crippen LogP contribution is 2.27. The van der Waals surface area contributed by atoms with Gasteiger partial charge in [-0.05, 0) is 25.1 Å². The average Bonchev–Trinajstić information content (AvgIpc) is 2.18. The minimum atomic E-state index is -0.478. The van der Waals surface area contributed by atoms with Crippen molar-refractivity contribution in [1.29, 1.82) is 0 Å². The first-order valence-electron chi connectivity index (χ1n) is 4.29. The van der Waals surface area contributed by atoms with Gasteiger partial charge in [-0.1, -0.05) is 0 Å². The van der Waals surface area contributed by atoms with Crippen LogP contribution in [0.5, 0.6) is 11.5 Å². The van der Waals surface area contributed by atoms with E-state index >= 15 is 0 Å². The maximum atomic E-state index is 10.9. The van der Waals surface area contributed by atoms with E-state index < -0.39 is 5.91 Å². The van der Waals surface area contributed by atoms with Crippen molar-refractivity contribution in [3.8, 4) is 11.5 Å². The number of carbonyl (C=O) groups is 1. The van der Waals surface area contributed by atoms with E-state index in [4.69, 9.17) is 15.2 Å². The summed E-state index contributed by atoms with van der Waals surface area (Å²) in [5, 5.41) is 0. The van der Waals surface area contributed by atoms with Crippen molar-refractivity contribution in [2.75, 3.05) is 13.7 Å². The van der Waals surface area contributed by atoms with Crippen LogP contribution in [0, 0.1) is 0 Å². The molecular formula is C10H13NO3. The minimum absolute atomic E-state index is 0.411. The molecule has 0 fully saturated rings. The summed E-state index contributed by atoms with van der Waals surface area (Å²) in [6, 6.07) is 4.83. The molecule has 0 unspecified atom stereocenters. The zero-order valence-corrected chi connectivity index (χ0v) is 8.24. The van der Waals surface area contributed by atoms with E-state index in [9.17, 15) is 4.79 Å². The molecule has 0 spiro atoms. The van der Waals surface area contributed by atoms with Gasteiger partial charge < -0.3 is 15.2 Å². The largest absolute Gasteiger partial charge is 0.493 e. The standard InChI is InChI=1S/C10H13NO3/c1-3-14-9-6-7(10(11)12)4-5-8(9)13-2/h4-6H,3H2,1-2H3,(H2,11,12). The lowest BCUT2D eigenvalue weighted by Gasteiger charge is -2.09. The quantitative estimate of drug-likeness (QED) is 0.785. The molecule has 0 aliphatic carbocycles. The molecule has 76 valence electrons. The molecule has 0 aliphatic heterocycles. The molecule has 0 saturated carbocycles. The fraction of sp³-hybridized carbons (Fsp3) is 0.300. The van der Waals surface area contributed by atoms with Gasteiger partial charge in [-0.2, -0.15) is 0 Å². The van der Waals surface area contributed by atoms with Crippen LogP contribution in [0.25, 0.3) is 0 Å². The van der Waals surface area contributed by atoms with Crippen LogP contribution in [0.1, 0.15) is 17.3 Å². The number of hydrogen-bond acceptors (Lipinski definition) is 3. The van der Waals surface area contributed by atoms with Gasteiger partial charge in [0.2, 0.25) is 5.91 Å². The maximum absolute atomic E-state index is 10.9. The van der Waals surface area contributed by atoms with Crippen molar-refractivity contribution in [3.63, 3.8) is 0 Å². The molecule has 0 heterocycles. The van der Waals surface area contributed by atoms with Crippen molar-refractivity contribution in [1.82, 2.24) is 0 Å². The Balaban J connectivity index is 3.07. The average molecular weight is 195 g/mol. The van der Waals surface area contributed by atoms with E-state index in [-0.39, 0.29) is 0 Å². The number of nitrogens with two attached hydrogens (primary N) is 1. The number of carbonyl (C=O) groups excluding carboxylic acids is 1. The summed E-state index contributed by atoms with van der Waals surface area (Å²) >= 11 is 0. The number of rotatable bonds is 4. The third kappa shape index (κ3) is 2.16. The topological polar surface area (TPSA) is 61.5 Å². The van der Waals surface area contributed by atoms with Gasteiger partial charge in [-0.15, -0.1) is 0 Å². The summed E-state index contributed by atoms with van der Waals surface area (Å²) < 4.78 is 10.3. The van der Waals surface area contributed by atoms with E-state index in [0.29, 0.717) is 23.7 Å². The summed E-state index contributed by atoms with van der Waals surface area (Å²) in [5.74, 6) is 0.650. The lowest BCUT2D eigenvalue weighted by Crippen LogP contribution is -2.11. The highest BCUT2D eigenvalue weighted by atomic mass is 16.5. The smallest absolute Gasteiger partial charge is 0.248 e. The molecule has 0 aliphatic rings. The van der Waals surface area contributed by atoms with Crippen LogP contribution >= 0.6 is 0 Å². The van der Waals surface area contributed by atoms with Crippen molar-refractivity contribution in [2.24, 2.45) is 5.73 Å². The SMILES string of the molecule is CCOc1cc(C(N)=O)ccc1OC. The van der Waals surface area contributed by atoms with Gasteiger partial charge in [0.25, 0.3) is 0 Å². The highest BCUT2D eigenvalue weighted by Gasteiger charge is 2.07. The molecule has 1 aromatic rings. The minimum Gasteiger partial charge on any atom is -0.493 e. The van der Waals surface area contributed by atoms with Crippen molar-refractivity contribution >= 4 is 5.91 Å². The van der Waals surface area contributed by atoms with Gasteiger partial charge in [0.05, 0.1) is 13.7 Å². The van der Waals surface area contributed by atoms with E-state index in [1.54, 1.807) is 25.3 Å². The molecule has 0 atom stereocenters. The molecule has 14 heavy (non-hydrogen) atoms. The molecule has 4 nitrogen and oxygen atoms in total. The molecule has 2 N–H and O–H groups in total. The Bertz CT molecular complexity index is 336. The molecule has 1 aromatic carbocycles. The van der Waals surface area contributed by atoms with Crippen LogP contribution in [-0.4, -0.2) is 19.6 Å². The molecule has 0 saturated heterocycles. The van der Waals surface area contributed by atoms with Crippen LogP contribution in [0.2, 0.25) is 0 Å². The lowest BCUT2D eigenvalue weighted by molar-refractivity contribution is 0.1000. The monoisotopic (exact) mass is 195 g/mol. The number of hydrogen-bond donors (Lipinski definition) is 1. The Morgan fingerprint density at radius 3 is 2.64 bits per heavy atom. The third-order valence-corrected chi connectivity index (χ3v) is 1.75. The Morgan fingerprint density at radius 2 is 2.14 bits per heavy atom. The lowest BCUT2D eigenvalue weighted by atomic mass is 10.2. The summed E-state index contributed by atoms with van der Waals surface area (Å²) in [6.45, 7) is 2.37. The predicted octanol–water partition coefficient (Wildman–Crippen LogP) is 1.19. The molecule has 1 amide bonds. The highest BCUT2D eigenvalue weighted by molar-refractivity contribution is 5.93. The second-order valence-corrected chi connectivity index (χ2v) is 2.66. The van der Waals surface area contributed by atoms with Crippen LogP contribution in [0.3, 0.4) is 0 Å². The molecule has 4 heteroatoms. The summed E-state index contributed by atoms with van der Waals surface area (Å²) in [7, 11) is 1.54. The number of methoxy groups -OCH3 is 1. The molecule has 0 radical (unpaired) electrons. The van der Waals surface area contributed by atoms with Gasteiger partial charge >= 0.3 is 0 Å². The van der Waals surface area contributed by atoms with E-state index in [1.165, 1.54) is 0 Å². The van der Waals surface area contributed by atoms with Crippen molar-refractivity contribution in [3.05, 3.63) is 23.8 Å². The van der Waals surface area contributed by atoms with Gasteiger partial charge in [0.15, 0.2) is 11.5 Å².